The summed E-state index contributed by atoms with van der Waals surface area (Å²) in [6.07, 6.45) is 1.61. The standard InChI is InChI=1S/C13H12BrClN4O/c14-10-6-9(1-2-11(10)15)18-7-8-3-4-17-12(5-8)13(16)19-20/h1-6,18,20H,7H2,(H2,16,19). The Bertz CT molecular complexity index is 648. The second-order valence-electron chi connectivity index (χ2n) is 4.02. The normalized spacial score (nSPS) is 11.4. The zero-order valence-electron chi connectivity index (χ0n) is 10.3. The molecule has 0 saturated heterocycles. The van der Waals surface area contributed by atoms with Crippen LogP contribution in [-0.2, 0) is 6.54 Å². The summed E-state index contributed by atoms with van der Waals surface area (Å²) in [5.41, 5.74) is 7.84. The molecule has 20 heavy (non-hydrogen) atoms. The fourth-order valence-electron chi connectivity index (χ4n) is 1.59. The van der Waals surface area contributed by atoms with Crippen LogP contribution in [0.4, 0.5) is 5.69 Å². The lowest BCUT2D eigenvalue weighted by atomic mass is 10.2. The summed E-state index contributed by atoms with van der Waals surface area (Å²) in [4.78, 5) is 4.02. The van der Waals surface area contributed by atoms with E-state index < -0.39 is 0 Å². The van der Waals surface area contributed by atoms with E-state index in [1.165, 1.54) is 0 Å². The quantitative estimate of drug-likeness (QED) is 0.340. The minimum absolute atomic E-state index is 0.0129. The van der Waals surface area contributed by atoms with Crippen LogP contribution in [0.3, 0.4) is 0 Å². The minimum atomic E-state index is -0.0129. The maximum absolute atomic E-state index is 8.63. The third-order valence-electron chi connectivity index (χ3n) is 2.61. The molecule has 0 radical (unpaired) electrons. The van der Waals surface area contributed by atoms with Gasteiger partial charge in [0.15, 0.2) is 5.84 Å². The van der Waals surface area contributed by atoms with Crippen LogP contribution in [0.1, 0.15) is 11.3 Å². The van der Waals surface area contributed by atoms with Crippen molar-refractivity contribution in [2.45, 2.75) is 6.54 Å². The number of nitrogens with two attached hydrogens (primary N) is 1. The summed E-state index contributed by atoms with van der Waals surface area (Å²) >= 11 is 9.31. The van der Waals surface area contributed by atoms with Gasteiger partial charge in [0.25, 0.3) is 0 Å². The molecule has 0 aliphatic heterocycles. The fourth-order valence-corrected chi connectivity index (χ4v) is 2.08. The average molecular weight is 356 g/mol. The molecular weight excluding hydrogens is 344 g/mol. The number of anilines is 1. The lowest BCUT2D eigenvalue weighted by Gasteiger charge is -2.08. The van der Waals surface area contributed by atoms with Crippen LogP contribution in [0.5, 0.6) is 0 Å². The first-order chi connectivity index (χ1) is 9.60. The predicted octanol–water partition coefficient (Wildman–Crippen LogP) is 3.20. The van der Waals surface area contributed by atoms with E-state index in [0.29, 0.717) is 17.3 Å². The highest BCUT2D eigenvalue weighted by Gasteiger charge is 2.03. The number of amidine groups is 1. The van der Waals surface area contributed by atoms with Gasteiger partial charge in [0.1, 0.15) is 5.69 Å². The molecule has 0 aliphatic carbocycles. The van der Waals surface area contributed by atoms with E-state index in [0.717, 1.165) is 15.7 Å². The Labute approximate surface area is 129 Å². The van der Waals surface area contributed by atoms with Crippen LogP contribution in [0.2, 0.25) is 5.02 Å². The summed E-state index contributed by atoms with van der Waals surface area (Å²) in [7, 11) is 0. The van der Waals surface area contributed by atoms with E-state index in [1.54, 1.807) is 12.3 Å². The molecule has 104 valence electrons. The van der Waals surface area contributed by atoms with E-state index in [1.807, 2.05) is 24.3 Å². The van der Waals surface area contributed by atoms with E-state index in [9.17, 15) is 0 Å². The molecule has 1 heterocycles. The Hall–Kier alpha value is -1.79. The van der Waals surface area contributed by atoms with Crippen molar-refractivity contribution in [2.24, 2.45) is 10.9 Å². The molecule has 5 nitrogen and oxygen atoms in total. The molecule has 4 N–H and O–H groups in total. The monoisotopic (exact) mass is 354 g/mol. The highest BCUT2D eigenvalue weighted by atomic mass is 79.9. The van der Waals surface area contributed by atoms with Crippen molar-refractivity contribution in [3.8, 4) is 0 Å². The lowest BCUT2D eigenvalue weighted by molar-refractivity contribution is 0.318. The molecule has 0 unspecified atom stereocenters. The third-order valence-corrected chi connectivity index (χ3v) is 3.82. The van der Waals surface area contributed by atoms with Gasteiger partial charge in [-0.1, -0.05) is 16.8 Å². The molecule has 7 heteroatoms. The van der Waals surface area contributed by atoms with Crippen molar-refractivity contribution >= 4 is 39.1 Å². The number of rotatable bonds is 4. The Balaban J connectivity index is 2.09. The highest BCUT2D eigenvalue weighted by molar-refractivity contribution is 9.10. The van der Waals surface area contributed by atoms with E-state index in [2.05, 4.69) is 31.4 Å². The molecular formula is C13H12BrClN4O. The second kappa shape index (κ2) is 6.58. The molecule has 0 bridgehead atoms. The molecule has 2 rings (SSSR count). The van der Waals surface area contributed by atoms with Crippen LogP contribution >= 0.6 is 27.5 Å². The molecule has 0 atom stereocenters. The van der Waals surface area contributed by atoms with Crippen molar-refractivity contribution in [1.82, 2.24) is 4.98 Å². The number of aromatic nitrogens is 1. The van der Waals surface area contributed by atoms with E-state index >= 15 is 0 Å². The van der Waals surface area contributed by atoms with Crippen LogP contribution in [0.25, 0.3) is 0 Å². The summed E-state index contributed by atoms with van der Waals surface area (Å²) < 4.78 is 0.830. The number of halogens is 2. The Morgan fingerprint density at radius 3 is 2.90 bits per heavy atom. The summed E-state index contributed by atoms with van der Waals surface area (Å²) in [6.45, 7) is 0.586. The van der Waals surface area contributed by atoms with Crippen LogP contribution < -0.4 is 11.1 Å². The van der Waals surface area contributed by atoms with Gasteiger partial charge in [-0.05, 0) is 51.8 Å². The zero-order chi connectivity index (χ0) is 14.5. The lowest BCUT2D eigenvalue weighted by Crippen LogP contribution is -2.15. The molecule has 0 fully saturated rings. The Kier molecular flexibility index (Phi) is 4.81. The van der Waals surface area contributed by atoms with Crippen molar-refractivity contribution in [3.63, 3.8) is 0 Å². The average Bonchev–Trinajstić information content (AvgIpc) is 2.48. The van der Waals surface area contributed by atoms with Gasteiger partial charge in [-0.2, -0.15) is 0 Å². The Morgan fingerprint density at radius 1 is 1.40 bits per heavy atom. The number of hydrogen-bond acceptors (Lipinski definition) is 4. The molecule has 0 amide bonds. The van der Waals surface area contributed by atoms with Gasteiger partial charge in [-0.15, -0.1) is 0 Å². The largest absolute Gasteiger partial charge is 0.409 e. The topological polar surface area (TPSA) is 83.5 Å². The molecule has 2 aromatic rings. The van der Waals surface area contributed by atoms with Gasteiger partial charge >= 0.3 is 0 Å². The number of nitrogens with zero attached hydrogens (tertiary/aromatic N) is 2. The SMILES string of the molecule is N/C(=N/O)c1cc(CNc2ccc(Cl)c(Br)c2)ccn1. The summed E-state index contributed by atoms with van der Waals surface area (Å²) in [5.74, 6) is -0.0129. The van der Waals surface area contributed by atoms with E-state index in [4.69, 9.17) is 22.5 Å². The summed E-state index contributed by atoms with van der Waals surface area (Å²) in [6, 6.07) is 9.20. The summed E-state index contributed by atoms with van der Waals surface area (Å²) in [5, 5.41) is 15.5. The Morgan fingerprint density at radius 2 is 2.20 bits per heavy atom. The minimum Gasteiger partial charge on any atom is -0.409 e. The van der Waals surface area contributed by atoms with Crippen LogP contribution in [0.15, 0.2) is 46.2 Å². The number of pyridine rings is 1. The van der Waals surface area contributed by atoms with Crippen molar-refractivity contribution in [2.75, 3.05) is 5.32 Å². The molecule has 1 aromatic heterocycles. The van der Waals surface area contributed by atoms with Gasteiger partial charge in [-0.25, -0.2) is 0 Å². The van der Waals surface area contributed by atoms with Gasteiger partial charge in [0, 0.05) is 22.9 Å². The van der Waals surface area contributed by atoms with Crippen molar-refractivity contribution < 1.29 is 5.21 Å². The van der Waals surface area contributed by atoms with Gasteiger partial charge < -0.3 is 16.3 Å². The maximum Gasteiger partial charge on any atom is 0.188 e. The number of nitrogens with one attached hydrogen (secondary N) is 1. The van der Waals surface area contributed by atoms with Crippen molar-refractivity contribution in [3.05, 3.63) is 57.3 Å². The second-order valence-corrected chi connectivity index (χ2v) is 5.28. The predicted molar refractivity (Wildman–Crippen MR) is 83.2 cm³/mol. The maximum atomic E-state index is 8.63. The van der Waals surface area contributed by atoms with Crippen molar-refractivity contribution in [1.29, 1.82) is 0 Å². The van der Waals surface area contributed by atoms with Crippen LogP contribution in [-0.4, -0.2) is 16.0 Å². The first kappa shape index (κ1) is 14.6. The molecule has 0 spiro atoms. The van der Waals surface area contributed by atoms with E-state index in [-0.39, 0.29) is 5.84 Å². The highest BCUT2D eigenvalue weighted by Crippen LogP contribution is 2.25. The van der Waals surface area contributed by atoms with Gasteiger partial charge in [0.2, 0.25) is 0 Å². The fraction of sp³-hybridized carbons (Fsp3) is 0.0769. The molecule has 1 aromatic carbocycles. The zero-order valence-corrected chi connectivity index (χ0v) is 12.7. The smallest absolute Gasteiger partial charge is 0.188 e. The number of hydrogen-bond donors (Lipinski definition) is 3. The van der Waals surface area contributed by atoms with Crippen LogP contribution in [0, 0.1) is 0 Å². The first-order valence-corrected chi connectivity index (χ1v) is 6.89. The number of benzene rings is 1. The first-order valence-electron chi connectivity index (χ1n) is 5.72. The molecule has 0 saturated carbocycles. The third kappa shape index (κ3) is 3.61. The van der Waals surface area contributed by atoms with Gasteiger partial charge in [0.05, 0.1) is 5.02 Å². The number of oxime groups is 1. The van der Waals surface area contributed by atoms with Gasteiger partial charge in [-0.3, -0.25) is 4.98 Å². The molecule has 0 aliphatic rings.